The average molecular weight is 394 g/mol. The summed E-state index contributed by atoms with van der Waals surface area (Å²) in [6, 6.07) is 2.78. The summed E-state index contributed by atoms with van der Waals surface area (Å²) in [4.78, 5) is 18.1. The van der Waals surface area contributed by atoms with Crippen LogP contribution in [0.3, 0.4) is 0 Å². The van der Waals surface area contributed by atoms with Gasteiger partial charge in [-0.3, -0.25) is 14.6 Å². The van der Waals surface area contributed by atoms with Crippen LogP contribution in [0.15, 0.2) is 24.0 Å². The maximum absolute atomic E-state index is 12.9. The quantitative estimate of drug-likeness (QED) is 0.783. The number of ketones is 1. The van der Waals surface area contributed by atoms with Crippen molar-refractivity contribution in [3.63, 3.8) is 0 Å². The lowest BCUT2D eigenvalue weighted by molar-refractivity contribution is -0.114. The minimum Gasteiger partial charge on any atom is -0.493 e. The van der Waals surface area contributed by atoms with E-state index < -0.39 is 0 Å². The lowest BCUT2D eigenvalue weighted by atomic mass is 9.58. The van der Waals surface area contributed by atoms with Crippen molar-refractivity contribution in [3.8, 4) is 11.5 Å². The van der Waals surface area contributed by atoms with Crippen LogP contribution in [0.2, 0.25) is 0 Å². The molecule has 0 radical (unpaired) electrons. The first kappa shape index (κ1) is 17.5. The van der Waals surface area contributed by atoms with Crippen LogP contribution in [0.1, 0.15) is 29.2 Å². The first-order valence-electron chi connectivity index (χ1n) is 10.4. The summed E-state index contributed by atoms with van der Waals surface area (Å²) in [5.74, 6) is 1.91. The molecule has 3 aliphatic heterocycles. The van der Waals surface area contributed by atoms with Gasteiger partial charge in [0.1, 0.15) is 0 Å². The smallest absolute Gasteiger partial charge is 0.220 e. The molecule has 6 rings (SSSR count). The number of carbonyl (C=O) groups excluding carboxylic acids is 1. The fourth-order valence-electron chi connectivity index (χ4n) is 6.63. The zero-order valence-corrected chi connectivity index (χ0v) is 17.2. The molecule has 2 aliphatic carbocycles. The third-order valence-electron chi connectivity index (χ3n) is 7.76. The van der Waals surface area contributed by atoms with Gasteiger partial charge < -0.3 is 14.2 Å². The predicted octanol–water partition coefficient (Wildman–Crippen LogP) is 2.19. The molecule has 0 saturated carbocycles. The van der Waals surface area contributed by atoms with Gasteiger partial charge in [0.2, 0.25) is 5.78 Å². The minimum atomic E-state index is -0.232. The molecule has 2 fully saturated rings. The number of piperazine rings is 1. The Morgan fingerprint density at radius 2 is 1.86 bits per heavy atom. The summed E-state index contributed by atoms with van der Waals surface area (Å²) in [7, 11) is 4.98. The minimum absolute atomic E-state index is 0.0628. The van der Waals surface area contributed by atoms with Crippen molar-refractivity contribution >= 4 is 11.4 Å². The van der Waals surface area contributed by atoms with Crippen LogP contribution >= 0.6 is 0 Å². The van der Waals surface area contributed by atoms with Gasteiger partial charge >= 0.3 is 0 Å². The van der Waals surface area contributed by atoms with E-state index in [0.29, 0.717) is 17.8 Å². The van der Waals surface area contributed by atoms with Gasteiger partial charge in [0.25, 0.3) is 0 Å². The first-order valence-corrected chi connectivity index (χ1v) is 10.4. The van der Waals surface area contributed by atoms with Gasteiger partial charge in [-0.05, 0) is 54.3 Å². The molecule has 3 heterocycles. The Bertz CT molecular complexity index is 997. The standard InChI is InChI=1S/C23H26N2O4/c1-27-16-10-13-4-6-24-8-9-25-7-5-23-12-17(28-2)15(26)11-14(23)19(21(16)29-3)18(13)20(24)22(23)25/h10-12,20,22H,4-9H2,1-3H3/t20-,22-,23-/m1/s1. The number of rotatable bonds is 3. The van der Waals surface area contributed by atoms with E-state index in [1.54, 1.807) is 21.3 Å². The molecule has 6 nitrogen and oxygen atoms in total. The van der Waals surface area contributed by atoms with Crippen molar-refractivity contribution in [1.29, 1.82) is 0 Å². The molecule has 0 N–H and O–H groups in total. The molecule has 0 amide bonds. The van der Waals surface area contributed by atoms with Crippen LogP contribution < -0.4 is 9.47 Å². The third-order valence-corrected chi connectivity index (χ3v) is 7.76. The summed E-state index contributed by atoms with van der Waals surface area (Å²) in [5, 5.41) is 0. The van der Waals surface area contributed by atoms with Gasteiger partial charge in [0, 0.05) is 36.7 Å². The fraction of sp³-hybridized carbons (Fsp3) is 0.522. The number of fused-ring (bicyclic) bond motifs is 1. The molecular formula is C23H26N2O4. The van der Waals surface area contributed by atoms with Crippen molar-refractivity contribution in [1.82, 2.24) is 9.80 Å². The normalized spacial score (nSPS) is 32.2. The van der Waals surface area contributed by atoms with Crippen molar-refractivity contribution in [3.05, 3.63) is 40.7 Å². The molecular weight excluding hydrogens is 368 g/mol. The number of allylic oxidation sites excluding steroid dienone is 1. The van der Waals surface area contributed by atoms with Crippen LogP contribution in [0.5, 0.6) is 11.5 Å². The van der Waals surface area contributed by atoms with E-state index in [9.17, 15) is 4.79 Å². The fourth-order valence-corrected chi connectivity index (χ4v) is 6.63. The molecule has 3 atom stereocenters. The summed E-state index contributed by atoms with van der Waals surface area (Å²) in [6.45, 7) is 4.27. The SMILES string of the molecule is COC1=C[C@@]23CCN4CCN5CCc6cc(OC)c(OC)c(c6[C@@H]5[C@@H]42)C3=CC1=O. The second-order valence-electron chi connectivity index (χ2n) is 8.70. The topological polar surface area (TPSA) is 51.2 Å². The summed E-state index contributed by atoms with van der Waals surface area (Å²) >= 11 is 0. The number of benzene rings is 1. The summed E-state index contributed by atoms with van der Waals surface area (Å²) in [6.07, 6.45) is 5.92. The average Bonchev–Trinajstić information content (AvgIpc) is 3.13. The number of carbonyl (C=O) groups is 1. The highest BCUT2D eigenvalue weighted by molar-refractivity contribution is 6.11. The first-order chi connectivity index (χ1) is 14.1. The van der Waals surface area contributed by atoms with Crippen LogP contribution in [0, 0.1) is 5.41 Å². The zero-order valence-electron chi connectivity index (χ0n) is 17.2. The number of ether oxygens (including phenoxy) is 3. The molecule has 1 aromatic rings. The van der Waals surface area contributed by atoms with E-state index in [1.807, 2.05) is 6.08 Å². The molecule has 1 aromatic carbocycles. The van der Waals surface area contributed by atoms with Gasteiger partial charge in [-0.1, -0.05) is 0 Å². The molecule has 0 aromatic heterocycles. The number of hydrogen-bond acceptors (Lipinski definition) is 6. The lowest BCUT2D eigenvalue weighted by Crippen LogP contribution is -2.60. The van der Waals surface area contributed by atoms with E-state index in [4.69, 9.17) is 14.2 Å². The van der Waals surface area contributed by atoms with Gasteiger partial charge in [-0.15, -0.1) is 0 Å². The van der Waals surface area contributed by atoms with Crippen LogP contribution in [0.25, 0.3) is 5.57 Å². The van der Waals surface area contributed by atoms with Crippen LogP contribution in [-0.4, -0.2) is 69.1 Å². The monoisotopic (exact) mass is 394 g/mol. The molecule has 152 valence electrons. The summed E-state index contributed by atoms with van der Waals surface area (Å²) < 4.78 is 17.1. The second kappa shape index (κ2) is 5.86. The van der Waals surface area contributed by atoms with Crippen molar-refractivity contribution in [2.75, 3.05) is 47.5 Å². The number of nitrogens with zero attached hydrogens (tertiary/aromatic N) is 2. The highest BCUT2D eigenvalue weighted by Crippen LogP contribution is 2.64. The van der Waals surface area contributed by atoms with E-state index in [1.165, 1.54) is 11.1 Å². The molecule has 6 heteroatoms. The van der Waals surface area contributed by atoms with Crippen molar-refractivity contribution in [2.24, 2.45) is 5.41 Å². The van der Waals surface area contributed by atoms with Crippen molar-refractivity contribution in [2.45, 2.75) is 24.9 Å². The van der Waals surface area contributed by atoms with E-state index in [-0.39, 0.29) is 11.2 Å². The Labute approximate surface area is 170 Å². The third kappa shape index (κ3) is 2.01. The second-order valence-corrected chi connectivity index (χ2v) is 8.70. The molecule has 5 aliphatic rings. The zero-order chi connectivity index (χ0) is 19.9. The molecule has 29 heavy (non-hydrogen) atoms. The van der Waals surface area contributed by atoms with Gasteiger partial charge in [-0.2, -0.15) is 0 Å². The van der Waals surface area contributed by atoms with Crippen molar-refractivity contribution < 1.29 is 19.0 Å². The highest BCUT2D eigenvalue weighted by atomic mass is 16.5. The Hall–Kier alpha value is -2.31. The maximum Gasteiger partial charge on any atom is 0.220 e. The largest absolute Gasteiger partial charge is 0.493 e. The highest BCUT2D eigenvalue weighted by Gasteiger charge is 2.61. The predicted molar refractivity (Wildman–Crippen MR) is 108 cm³/mol. The molecule has 0 bridgehead atoms. The number of methoxy groups -OCH3 is 3. The molecule has 1 spiro atoms. The number of hydrogen-bond donors (Lipinski definition) is 0. The van der Waals surface area contributed by atoms with E-state index in [0.717, 1.165) is 61.7 Å². The Kier molecular flexibility index (Phi) is 3.55. The summed E-state index contributed by atoms with van der Waals surface area (Å²) in [5.41, 5.74) is 4.61. The lowest BCUT2D eigenvalue weighted by Gasteiger charge is -2.57. The molecule has 2 saturated heterocycles. The Morgan fingerprint density at radius 3 is 2.62 bits per heavy atom. The maximum atomic E-state index is 12.9. The van der Waals surface area contributed by atoms with E-state index >= 15 is 0 Å². The molecule has 0 unspecified atom stereocenters. The Balaban J connectivity index is 1.72. The van der Waals surface area contributed by atoms with Gasteiger partial charge in [0.15, 0.2) is 17.3 Å². The van der Waals surface area contributed by atoms with Crippen LogP contribution in [0.4, 0.5) is 0 Å². The van der Waals surface area contributed by atoms with E-state index in [2.05, 4.69) is 21.9 Å². The van der Waals surface area contributed by atoms with Gasteiger partial charge in [-0.25, -0.2) is 0 Å². The van der Waals surface area contributed by atoms with Crippen LogP contribution in [-0.2, 0) is 16.0 Å². The van der Waals surface area contributed by atoms with Gasteiger partial charge in [0.05, 0.1) is 27.4 Å². The Morgan fingerprint density at radius 1 is 1.03 bits per heavy atom.